The summed E-state index contributed by atoms with van der Waals surface area (Å²) >= 11 is 0. The summed E-state index contributed by atoms with van der Waals surface area (Å²) in [4.78, 5) is 15.0. The molecule has 2 rings (SSSR count). The van der Waals surface area contributed by atoms with Crippen LogP contribution in [0.15, 0.2) is 29.3 Å². The van der Waals surface area contributed by atoms with Crippen molar-refractivity contribution in [2.45, 2.75) is 25.3 Å². The van der Waals surface area contributed by atoms with Crippen LogP contribution in [-0.4, -0.2) is 12.1 Å². The van der Waals surface area contributed by atoms with E-state index in [9.17, 15) is 4.79 Å². The molecule has 0 radical (unpaired) electrons. The summed E-state index contributed by atoms with van der Waals surface area (Å²) in [7, 11) is 0. The lowest BCUT2D eigenvalue weighted by molar-refractivity contribution is -0.118. The number of amides is 1. The van der Waals surface area contributed by atoms with Gasteiger partial charge in [0.1, 0.15) is 0 Å². The van der Waals surface area contributed by atoms with Crippen molar-refractivity contribution in [1.82, 2.24) is 0 Å². The highest BCUT2D eigenvalue weighted by Gasteiger charge is 2.16. The van der Waals surface area contributed by atoms with E-state index in [2.05, 4.69) is 17.1 Å². The Hall–Kier alpha value is -1.64. The fourth-order valence-corrected chi connectivity index (χ4v) is 1.93. The topological polar surface area (TPSA) is 55.5 Å². The van der Waals surface area contributed by atoms with E-state index in [1.807, 2.05) is 18.3 Å². The number of hydrogen-bond acceptors (Lipinski definition) is 2. The average Bonchev–Trinajstić information content (AvgIpc) is 2.26. The number of hydrogen-bond donors (Lipinski definition) is 1. The molecule has 1 atom stereocenters. The van der Waals surface area contributed by atoms with Crippen molar-refractivity contribution >= 4 is 12.1 Å². The smallest absolute Gasteiger partial charge is 0.217 e. The van der Waals surface area contributed by atoms with Crippen molar-refractivity contribution in [2.75, 3.05) is 0 Å². The predicted molar refractivity (Wildman–Crippen MR) is 59.8 cm³/mol. The van der Waals surface area contributed by atoms with Gasteiger partial charge >= 0.3 is 0 Å². The summed E-state index contributed by atoms with van der Waals surface area (Å²) in [5.41, 5.74) is 7.69. The Labute approximate surface area is 89.0 Å². The van der Waals surface area contributed by atoms with E-state index >= 15 is 0 Å². The molecule has 0 fully saturated rings. The highest BCUT2D eigenvalue weighted by molar-refractivity contribution is 5.76. The van der Waals surface area contributed by atoms with Crippen LogP contribution in [0, 0.1) is 0 Å². The number of rotatable bonds is 3. The SMILES string of the molecule is NC(=O)CCC1C=NCc2ccccc21. The van der Waals surface area contributed by atoms with Crippen LogP contribution in [-0.2, 0) is 11.3 Å². The third kappa shape index (κ3) is 2.24. The lowest BCUT2D eigenvalue weighted by Gasteiger charge is -2.19. The molecule has 1 unspecified atom stereocenters. The van der Waals surface area contributed by atoms with Crippen LogP contribution in [0.1, 0.15) is 29.9 Å². The molecule has 0 bridgehead atoms. The van der Waals surface area contributed by atoms with Gasteiger partial charge in [-0.3, -0.25) is 9.79 Å². The number of nitrogens with two attached hydrogens (primary N) is 1. The number of aliphatic imine (C=N–C) groups is 1. The molecule has 1 aliphatic heterocycles. The molecule has 1 heterocycles. The monoisotopic (exact) mass is 202 g/mol. The van der Waals surface area contributed by atoms with Crippen molar-refractivity contribution < 1.29 is 4.79 Å². The Morgan fingerprint density at radius 2 is 2.27 bits per heavy atom. The van der Waals surface area contributed by atoms with Gasteiger partial charge in [0.2, 0.25) is 5.91 Å². The highest BCUT2D eigenvalue weighted by Crippen LogP contribution is 2.26. The average molecular weight is 202 g/mol. The standard InChI is InChI=1S/C12H14N2O/c13-12(15)6-5-10-8-14-7-9-3-1-2-4-11(9)10/h1-4,8,10H,5-7H2,(H2,13,15). The van der Waals surface area contributed by atoms with E-state index < -0.39 is 0 Å². The number of benzene rings is 1. The molecule has 1 amide bonds. The maximum absolute atomic E-state index is 10.7. The van der Waals surface area contributed by atoms with Crippen molar-refractivity contribution in [2.24, 2.45) is 10.7 Å². The third-order valence-electron chi connectivity index (χ3n) is 2.70. The number of fused-ring (bicyclic) bond motifs is 1. The normalized spacial score (nSPS) is 18.5. The molecule has 78 valence electrons. The van der Waals surface area contributed by atoms with Crippen LogP contribution in [0.3, 0.4) is 0 Å². The molecule has 3 nitrogen and oxygen atoms in total. The largest absolute Gasteiger partial charge is 0.370 e. The van der Waals surface area contributed by atoms with Gasteiger partial charge in [0, 0.05) is 18.6 Å². The van der Waals surface area contributed by atoms with E-state index in [0.29, 0.717) is 6.42 Å². The maximum Gasteiger partial charge on any atom is 0.217 e. The Morgan fingerprint density at radius 3 is 3.07 bits per heavy atom. The quantitative estimate of drug-likeness (QED) is 0.795. The van der Waals surface area contributed by atoms with Crippen LogP contribution in [0.2, 0.25) is 0 Å². The molecule has 0 aliphatic carbocycles. The summed E-state index contributed by atoms with van der Waals surface area (Å²) in [5, 5.41) is 0. The fraction of sp³-hybridized carbons (Fsp3) is 0.333. The number of primary amides is 1. The Bertz CT molecular complexity index is 398. The maximum atomic E-state index is 10.7. The van der Waals surface area contributed by atoms with Gasteiger partial charge in [-0.2, -0.15) is 0 Å². The fourth-order valence-electron chi connectivity index (χ4n) is 1.93. The number of carbonyl (C=O) groups is 1. The lowest BCUT2D eigenvalue weighted by atomic mass is 9.89. The summed E-state index contributed by atoms with van der Waals surface area (Å²) in [6, 6.07) is 8.23. The van der Waals surface area contributed by atoms with Gasteiger partial charge in [0.05, 0.1) is 6.54 Å². The summed E-state index contributed by atoms with van der Waals surface area (Å²) in [5.74, 6) is 0.00824. The van der Waals surface area contributed by atoms with Gasteiger partial charge in [0.15, 0.2) is 0 Å². The number of nitrogens with zero attached hydrogens (tertiary/aromatic N) is 1. The molecule has 2 N–H and O–H groups in total. The summed E-state index contributed by atoms with van der Waals surface area (Å²) in [6.07, 6.45) is 3.12. The Balaban J connectivity index is 2.15. The van der Waals surface area contributed by atoms with Gasteiger partial charge in [-0.15, -0.1) is 0 Å². The van der Waals surface area contributed by atoms with Crippen LogP contribution >= 0.6 is 0 Å². The van der Waals surface area contributed by atoms with Crippen LogP contribution in [0.4, 0.5) is 0 Å². The van der Waals surface area contributed by atoms with E-state index in [1.54, 1.807) is 0 Å². The zero-order valence-corrected chi connectivity index (χ0v) is 8.52. The first-order valence-electron chi connectivity index (χ1n) is 5.13. The molecule has 15 heavy (non-hydrogen) atoms. The third-order valence-corrected chi connectivity index (χ3v) is 2.70. The molecule has 1 aromatic carbocycles. The Morgan fingerprint density at radius 1 is 1.47 bits per heavy atom. The van der Waals surface area contributed by atoms with E-state index in [1.165, 1.54) is 11.1 Å². The van der Waals surface area contributed by atoms with Crippen LogP contribution < -0.4 is 5.73 Å². The minimum atomic E-state index is -0.244. The van der Waals surface area contributed by atoms with Crippen molar-refractivity contribution in [3.63, 3.8) is 0 Å². The number of carbonyl (C=O) groups excluding carboxylic acids is 1. The van der Waals surface area contributed by atoms with E-state index in [4.69, 9.17) is 5.73 Å². The minimum Gasteiger partial charge on any atom is -0.370 e. The highest BCUT2D eigenvalue weighted by atomic mass is 16.1. The molecular weight excluding hydrogens is 188 g/mol. The van der Waals surface area contributed by atoms with Gasteiger partial charge in [-0.1, -0.05) is 24.3 Å². The molecule has 0 spiro atoms. The van der Waals surface area contributed by atoms with Crippen molar-refractivity contribution in [3.05, 3.63) is 35.4 Å². The zero-order valence-electron chi connectivity index (χ0n) is 8.52. The second kappa shape index (κ2) is 4.26. The molecule has 0 saturated carbocycles. The van der Waals surface area contributed by atoms with Gasteiger partial charge in [-0.25, -0.2) is 0 Å². The molecule has 0 saturated heterocycles. The van der Waals surface area contributed by atoms with Crippen LogP contribution in [0.5, 0.6) is 0 Å². The molecule has 3 heteroatoms. The van der Waals surface area contributed by atoms with E-state index in [0.717, 1.165) is 13.0 Å². The first kappa shape index (κ1) is 9.90. The second-order valence-corrected chi connectivity index (χ2v) is 3.80. The Kier molecular flexibility index (Phi) is 2.81. The van der Waals surface area contributed by atoms with Gasteiger partial charge in [-0.05, 0) is 17.5 Å². The summed E-state index contributed by atoms with van der Waals surface area (Å²) < 4.78 is 0. The van der Waals surface area contributed by atoms with Crippen molar-refractivity contribution in [1.29, 1.82) is 0 Å². The first-order chi connectivity index (χ1) is 7.27. The van der Waals surface area contributed by atoms with Gasteiger partial charge in [0.25, 0.3) is 0 Å². The van der Waals surface area contributed by atoms with Crippen molar-refractivity contribution in [3.8, 4) is 0 Å². The zero-order chi connectivity index (χ0) is 10.7. The van der Waals surface area contributed by atoms with E-state index in [-0.39, 0.29) is 11.8 Å². The first-order valence-corrected chi connectivity index (χ1v) is 5.13. The minimum absolute atomic E-state index is 0.244. The molecule has 1 aliphatic rings. The van der Waals surface area contributed by atoms with Gasteiger partial charge < -0.3 is 5.73 Å². The van der Waals surface area contributed by atoms with Crippen LogP contribution in [0.25, 0.3) is 0 Å². The molecule has 1 aromatic rings. The second-order valence-electron chi connectivity index (χ2n) is 3.80. The summed E-state index contributed by atoms with van der Waals surface area (Å²) in [6.45, 7) is 0.753. The molecule has 0 aromatic heterocycles. The molecular formula is C12H14N2O. The predicted octanol–water partition coefficient (Wildman–Crippen LogP) is 1.62. The lowest BCUT2D eigenvalue weighted by Crippen LogP contribution is -2.15.